The molecule has 0 saturated carbocycles. The molecule has 7 nitrogen and oxygen atoms in total. The quantitative estimate of drug-likeness (QED) is 0.657. The zero-order valence-electron chi connectivity index (χ0n) is 16.2. The molecule has 0 aliphatic carbocycles. The topological polar surface area (TPSA) is 91.1 Å². The molecule has 3 rings (SSSR count). The van der Waals surface area contributed by atoms with Crippen molar-refractivity contribution in [3.63, 3.8) is 0 Å². The van der Waals surface area contributed by atoms with Crippen LogP contribution in [-0.2, 0) is 6.18 Å². The van der Waals surface area contributed by atoms with E-state index >= 15 is 0 Å². The highest BCUT2D eigenvalue weighted by Gasteiger charge is 2.32. The first-order chi connectivity index (χ1) is 13.6. The van der Waals surface area contributed by atoms with Crippen molar-refractivity contribution in [2.24, 2.45) is 5.73 Å². The minimum Gasteiger partial charge on any atom is -0.373 e. The van der Waals surface area contributed by atoms with Gasteiger partial charge >= 0.3 is 6.18 Å². The number of carbonyl (C=O) groups is 1. The van der Waals surface area contributed by atoms with Crippen LogP contribution in [0.25, 0.3) is 22.2 Å². The van der Waals surface area contributed by atoms with Gasteiger partial charge in [0, 0.05) is 37.5 Å². The third-order valence-corrected chi connectivity index (χ3v) is 4.59. The Morgan fingerprint density at radius 1 is 1.17 bits per heavy atom. The number of rotatable bonds is 6. The number of benzene rings is 1. The van der Waals surface area contributed by atoms with Gasteiger partial charge in [-0.15, -0.1) is 0 Å². The van der Waals surface area contributed by atoms with Crippen LogP contribution in [0, 0.1) is 0 Å². The molecule has 0 aliphatic heterocycles. The first-order valence-corrected chi connectivity index (χ1v) is 8.79. The van der Waals surface area contributed by atoms with E-state index in [-0.39, 0.29) is 5.56 Å². The van der Waals surface area contributed by atoms with Crippen LogP contribution in [0.3, 0.4) is 0 Å². The number of hydrogen-bond donors (Lipinski definition) is 2. The van der Waals surface area contributed by atoms with Gasteiger partial charge in [-0.25, -0.2) is 4.98 Å². The number of pyridine rings is 1. The van der Waals surface area contributed by atoms with E-state index in [9.17, 15) is 18.0 Å². The highest BCUT2D eigenvalue weighted by Crippen LogP contribution is 2.36. The van der Waals surface area contributed by atoms with Crippen LogP contribution < -0.4 is 10.6 Å². The van der Waals surface area contributed by atoms with Gasteiger partial charge in [0.2, 0.25) is 0 Å². The minimum absolute atomic E-state index is 0.280. The van der Waals surface area contributed by atoms with E-state index in [1.54, 1.807) is 6.07 Å². The number of primary amides is 1. The van der Waals surface area contributed by atoms with E-state index in [2.05, 4.69) is 15.0 Å². The van der Waals surface area contributed by atoms with Crippen molar-refractivity contribution in [1.29, 1.82) is 0 Å². The highest BCUT2D eigenvalue weighted by molar-refractivity contribution is 6.12. The fourth-order valence-electron chi connectivity index (χ4n) is 3.06. The predicted octanol–water partition coefficient (Wildman–Crippen LogP) is 2.74. The number of imidazole rings is 1. The molecule has 0 spiro atoms. The SMILES string of the molecule is CN(C)CCN(C)c1cc(-c2ccc(C(F)(F)F)nc2)c2nc[nH]c2c1C(N)=O. The zero-order chi connectivity index (χ0) is 21.3. The van der Waals surface area contributed by atoms with E-state index in [1.165, 1.54) is 12.4 Å². The fraction of sp³-hybridized carbons (Fsp3) is 0.316. The molecule has 0 bridgehead atoms. The smallest absolute Gasteiger partial charge is 0.373 e. The van der Waals surface area contributed by atoms with Crippen molar-refractivity contribution in [3.8, 4) is 11.1 Å². The Labute approximate surface area is 165 Å². The molecule has 0 saturated heterocycles. The molecule has 3 N–H and O–H groups in total. The molecule has 3 aromatic rings. The molecule has 1 aromatic carbocycles. The molecular formula is C19H21F3N6O. The molecule has 1 amide bonds. The number of carbonyl (C=O) groups excluding carboxylic acids is 1. The molecule has 29 heavy (non-hydrogen) atoms. The van der Waals surface area contributed by atoms with Gasteiger partial charge in [0.15, 0.2) is 0 Å². The predicted molar refractivity (Wildman–Crippen MR) is 105 cm³/mol. The van der Waals surface area contributed by atoms with Crippen LogP contribution in [0.2, 0.25) is 0 Å². The van der Waals surface area contributed by atoms with Crippen molar-refractivity contribution >= 4 is 22.6 Å². The molecule has 2 heterocycles. The van der Waals surface area contributed by atoms with Gasteiger partial charge in [-0.3, -0.25) is 9.78 Å². The number of aromatic nitrogens is 3. The summed E-state index contributed by atoms with van der Waals surface area (Å²) in [7, 11) is 5.68. The number of fused-ring (bicyclic) bond motifs is 1. The lowest BCUT2D eigenvalue weighted by Crippen LogP contribution is -2.30. The van der Waals surface area contributed by atoms with E-state index in [0.29, 0.717) is 34.4 Å². The van der Waals surface area contributed by atoms with Crippen LogP contribution >= 0.6 is 0 Å². The Bertz CT molecular complexity index is 1030. The number of amides is 1. The van der Waals surface area contributed by atoms with Gasteiger partial charge in [-0.1, -0.05) is 6.07 Å². The number of anilines is 1. The first kappa shape index (κ1) is 20.6. The Morgan fingerprint density at radius 3 is 2.45 bits per heavy atom. The zero-order valence-corrected chi connectivity index (χ0v) is 16.2. The Hall–Kier alpha value is -3.14. The highest BCUT2D eigenvalue weighted by atomic mass is 19.4. The lowest BCUT2D eigenvalue weighted by Gasteiger charge is -2.24. The molecule has 0 fully saturated rings. The van der Waals surface area contributed by atoms with Crippen molar-refractivity contribution < 1.29 is 18.0 Å². The number of nitrogens with two attached hydrogens (primary N) is 1. The lowest BCUT2D eigenvalue weighted by molar-refractivity contribution is -0.141. The maximum absolute atomic E-state index is 12.8. The second-order valence-electron chi connectivity index (χ2n) is 6.96. The summed E-state index contributed by atoms with van der Waals surface area (Å²) < 4.78 is 38.5. The maximum atomic E-state index is 12.8. The summed E-state index contributed by atoms with van der Waals surface area (Å²) in [5.41, 5.74) is 7.37. The van der Waals surface area contributed by atoms with Crippen molar-refractivity contribution in [1.82, 2.24) is 19.9 Å². The summed E-state index contributed by atoms with van der Waals surface area (Å²) in [6, 6.07) is 3.97. The monoisotopic (exact) mass is 406 g/mol. The van der Waals surface area contributed by atoms with Gasteiger partial charge in [0.05, 0.1) is 28.6 Å². The molecule has 0 radical (unpaired) electrons. The van der Waals surface area contributed by atoms with Gasteiger partial charge in [-0.05, 0) is 26.2 Å². The fourth-order valence-corrected chi connectivity index (χ4v) is 3.06. The standard InChI is InChI=1S/C19H21F3N6O/c1-27(2)6-7-28(3)13-8-12(11-4-5-14(24-9-11)19(20,21)22)16-17(26-10-25-16)15(13)18(23)29/h4-5,8-10H,6-7H2,1-3H3,(H2,23,29)(H,25,26). The molecule has 0 atom stereocenters. The largest absolute Gasteiger partial charge is 0.433 e. The molecule has 2 aromatic heterocycles. The molecule has 0 aliphatic rings. The summed E-state index contributed by atoms with van der Waals surface area (Å²) in [5, 5.41) is 0. The summed E-state index contributed by atoms with van der Waals surface area (Å²) in [6.45, 7) is 1.34. The van der Waals surface area contributed by atoms with Crippen LogP contribution in [0.15, 0.2) is 30.7 Å². The van der Waals surface area contributed by atoms with E-state index in [4.69, 9.17) is 5.73 Å². The second kappa shape index (κ2) is 7.70. The molecule has 0 unspecified atom stereocenters. The Morgan fingerprint density at radius 2 is 1.90 bits per heavy atom. The summed E-state index contributed by atoms with van der Waals surface area (Å²) in [4.78, 5) is 26.8. The third-order valence-electron chi connectivity index (χ3n) is 4.59. The van der Waals surface area contributed by atoms with Gasteiger partial charge in [0.1, 0.15) is 5.69 Å². The number of hydrogen-bond acceptors (Lipinski definition) is 5. The third kappa shape index (κ3) is 4.16. The number of likely N-dealkylation sites (N-methyl/N-ethyl adjacent to an activating group) is 2. The van der Waals surface area contributed by atoms with Crippen LogP contribution in [0.5, 0.6) is 0 Å². The lowest BCUT2D eigenvalue weighted by atomic mass is 9.99. The molecular weight excluding hydrogens is 385 g/mol. The Kier molecular flexibility index (Phi) is 5.47. The first-order valence-electron chi connectivity index (χ1n) is 8.79. The number of halogens is 3. The maximum Gasteiger partial charge on any atom is 0.433 e. The number of nitrogens with one attached hydrogen (secondary N) is 1. The van der Waals surface area contributed by atoms with E-state index < -0.39 is 17.8 Å². The average Bonchev–Trinajstić information content (AvgIpc) is 3.13. The van der Waals surface area contributed by atoms with Gasteiger partial charge in [-0.2, -0.15) is 13.2 Å². The summed E-state index contributed by atoms with van der Waals surface area (Å²) in [5.74, 6) is -0.622. The van der Waals surface area contributed by atoms with Gasteiger partial charge in [0.25, 0.3) is 5.91 Å². The number of aromatic amines is 1. The number of alkyl halides is 3. The van der Waals surface area contributed by atoms with Crippen molar-refractivity contribution in [2.45, 2.75) is 6.18 Å². The summed E-state index contributed by atoms with van der Waals surface area (Å²) in [6.07, 6.45) is -1.95. The van der Waals surface area contributed by atoms with Gasteiger partial charge < -0.3 is 20.5 Å². The van der Waals surface area contributed by atoms with Crippen LogP contribution in [-0.4, -0.2) is 60.0 Å². The van der Waals surface area contributed by atoms with Crippen LogP contribution in [0.1, 0.15) is 16.1 Å². The summed E-state index contributed by atoms with van der Waals surface area (Å²) >= 11 is 0. The van der Waals surface area contributed by atoms with Crippen LogP contribution in [0.4, 0.5) is 18.9 Å². The second-order valence-corrected chi connectivity index (χ2v) is 6.96. The number of H-pyrrole nitrogens is 1. The molecule has 154 valence electrons. The minimum atomic E-state index is -4.52. The van der Waals surface area contributed by atoms with E-state index in [1.807, 2.05) is 30.9 Å². The number of nitrogens with zero attached hydrogens (tertiary/aromatic N) is 4. The normalized spacial score (nSPS) is 12.0. The molecule has 10 heteroatoms. The van der Waals surface area contributed by atoms with Crippen molar-refractivity contribution in [3.05, 3.63) is 42.0 Å². The van der Waals surface area contributed by atoms with E-state index in [0.717, 1.165) is 18.8 Å². The average molecular weight is 406 g/mol. The van der Waals surface area contributed by atoms with Crippen molar-refractivity contribution in [2.75, 3.05) is 39.1 Å². The Balaban J connectivity index is 2.16.